The van der Waals surface area contributed by atoms with Crippen molar-refractivity contribution >= 4 is 22.7 Å². The van der Waals surface area contributed by atoms with Crippen LogP contribution in [-0.2, 0) is 6.54 Å². The van der Waals surface area contributed by atoms with Gasteiger partial charge in [0.05, 0.1) is 21.0 Å². The van der Waals surface area contributed by atoms with E-state index in [2.05, 4.69) is 34.6 Å². The Morgan fingerprint density at radius 3 is 2.74 bits per heavy atom. The zero-order valence-corrected chi connectivity index (χ0v) is 12.1. The normalized spacial score (nSPS) is 10.8. The molecule has 1 aromatic carbocycles. The maximum atomic E-state index is 4.75. The zero-order valence-electron chi connectivity index (χ0n) is 10.5. The van der Waals surface area contributed by atoms with E-state index in [4.69, 9.17) is 4.98 Å². The van der Waals surface area contributed by atoms with Crippen molar-refractivity contribution in [2.24, 2.45) is 0 Å². The molecule has 5 heteroatoms. The summed E-state index contributed by atoms with van der Waals surface area (Å²) in [6.45, 7) is 0.777. The predicted molar refractivity (Wildman–Crippen MR) is 81.4 cm³/mol. The monoisotopic (exact) mass is 287 g/mol. The van der Waals surface area contributed by atoms with E-state index in [0.29, 0.717) is 0 Å². The highest BCUT2D eigenvalue weighted by Crippen LogP contribution is 2.36. The molecule has 0 aliphatic rings. The number of thiazole rings is 2. The van der Waals surface area contributed by atoms with E-state index in [1.54, 1.807) is 22.7 Å². The third kappa shape index (κ3) is 2.58. The first-order chi connectivity index (χ1) is 9.38. The first-order valence-corrected chi connectivity index (χ1v) is 7.66. The van der Waals surface area contributed by atoms with E-state index >= 15 is 0 Å². The molecule has 0 radical (unpaired) electrons. The molecule has 19 heavy (non-hydrogen) atoms. The summed E-state index contributed by atoms with van der Waals surface area (Å²) in [6.07, 6.45) is 1.88. The molecule has 0 spiro atoms. The van der Waals surface area contributed by atoms with E-state index in [0.717, 1.165) is 22.1 Å². The van der Waals surface area contributed by atoms with Gasteiger partial charge in [-0.05, 0) is 12.6 Å². The van der Waals surface area contributed by atoms with Gasteiger partial charge in [0.15, 0.2) is 0 Å². The van der Waals surface area contributed by atoms with E-state index in [1.807, 2.05) is 24.8 Å². The standard InChI is InChI=1S/C14H13N3S2/c1-15-7-11-13(10-5-3-2-4-6-10)19-14(17-11)12-8-16-9-18-12/h2-6,8-9,15H,7H2,1H3. The summed E-state index contributed by atoms with van der Waals surface area (Å²) in [5, 5.41) is 4.23. The van der Waals surface area contributed by atoms with Gasteiger partial charge in [-0.3, -0.25) is 4.98 Å². The van der Waals surface area contributed by atoms with Gasteiger partial charge in [0, 0.05) is 12.7 Å². The maximum absolute atomic E-state index is 4.75. The van der Waals surface area contributed by atoms with Crippen molar-refractivity contribution in [3.8, 4) is 20.3 Å². The minimum atomic E-state index is 0.777. The van der Waals surface area contributed by atoms with Crippen LogP contribution in [0.4, 0.5) is 0 Å². The third-order valence-electron chi connectivity index (χ3n) is 2.72. The van der Waals surface area contributed by atoms with Crippen molar-refractivity contribution in [1.29, 1.82) is 0 Å². The molecule has 1 N–H and O–H groups in total. The highest BCUT2D eigenvalue weighted by atomic mass is 32.1. The van der Waals surface area contributed by atoms with Crippen LogP contribution in [-0.4, -0.2) is 17.0 Å². The molecule has 0 atom stereocenters. The number of hydrogen-bond donors (Lipinski definition) is 1. The first kappa shape index (κ1) is 12.5. The van der Waals surface area contributed by atoms with Gasteiger partial charge in [0.25, 0.3) is 0 Å². The summed E-state index contributed by atoms with van der Waals surface area (Å²) >= 11 is 3.36. The van der Waals surface area contributed by atoms with Gasteiger partial charge >= 0.3 is 0 Å². The Kier molecular flexibility index (Phi) is 3.68. The molecule has 96 valence electrons. The summed E-state index contributed by atoms with van der Waals surface area (Å²) in [4.78, 5) is 11.2. The van der Waals surface area contributed by atoms with Crippen molar-refractivity contribution < 1.29 is 0 Å². The van der Waals surface area contributed by atoms with Crippen LogP contribution in [0.1, 0.15) is 5.69 Å². The zero-order chi connectivity index (χ0) is 13.1. The average molecular weight is 287 g/mol. The summed E-state index contributed by atoms with van der Waals surface area (Å²) in [5.74, 6) is 0. The minimum Gasteiger partial charge on any atom is -0.314 e. The largest absolute Gasteiger partial charge is 0.314 e. The van der Waals surface area contributed by atoms with Crippen molar-refractivity contribution in [3.63, 3.8) is 0 Å². The molecule has 0 unspecified atom stereocenters. The second kappa shape index (κ2) is 5.61. The summed E-state index contributed by atoms with van der Waals surface area (Å²) in [5.41, 5.74) is 4.17. The first-order valence-electron chi connectivity index (χ1n) is 5.97. The lowest BCUT2D eigenvalue weighted by Crippen LogP contribution is -2.06. The van der Waals surface area contributed by atoms with E-state index in [9.17, 15) is 0 Å². The molecule has 0 aliphatic heterocycles. The van der Waals surface area contributed by atoms with Gasteiger partial charge in [-0.2, -0.15) is 0 Å². The third-order valence-corrected chi connectivity index (χ3v) is 4.81. The number of benzene rings is 1. The maximum Gasteiger partial charge on any atom is 0.135 e. The van der Waals surface area contributed by atoms with Crippen LogP contribution in [0.15, 0.2) is 42.0 Å². The lowest BCUT2D eigenvalue weighted by Gasteiger charge is -2.00. The molecule has 0 amide bonds. The van der Waals surface area contributed by atoms with Crippen molar-refractivity contribution in [3.05, 3.63) is 47.7 Å². The molecule has 2 aromatic heterocycles. The Hall–Kier alpha value is -1.56. The molecular formula is C14H13N3S2. The average Bonchev–Trinajstić information content (AvgIpc) is 3.08. The number of aromatic nitrogens is 2. The summed E-state index contributed by atoms with van der Waals surface area (Å²) < 4.78 is 0. The highest BCUT2D eigenvalue weighted by molar-refractivity contribution is 7.22. The smallest absolute Gasteiger partial charge is 0.135 e. The fourth-order valence-corrected chi connectivity index (χ4v) is 3.65. The molecular weight excluding hydrogens is 274 g/mol. The number of nitrogens with zero attached hydrogens (tertiary/aromatic N) is 2. The number of rotatable bonds is 4. The van der Waals surface area contributed by atoms with Crippen LogP contribution in [0.2, 0.25) is 0 Å². The van der Waals surface area contributed by atoms with Crippen molar-refractivity contribution in [2.45, 2.75) is 6.54 Å². The Morgan fingerprint density at radius 1 is 1.21 bits per heavy atom. The Labute approximate surface area is 120 Å². The lowest BCUT2D eigenvalue weighted by atomic mass is 10.1. The van der Waals surface area contributed by atoms with Gasteiger partial charge in [-0.15, -0.1) is 22.7 Å². The Morgan fingerprint density at radius 2 is 2.05 bits per heavy atom. The van der Waals surface area contributed by atoms with Crippen LogP contribution in [0.25, 0.3) is 20.3 Å². The molecule has 3 aromatic rings. The van der Waals surface area contributed by atoms with Gasteiger partial charge < -0.3 is 5.32 Å². The summed E-state index contributed by atoms with van der Waals surface area (Å²) in [6, 6.07) is 10.4. The van der Waals surface area contributed by atoms with Crippen LogP contribution in [0.5, 0.6) is 0 Å². The molecule has 3 rings (SSSR count). The molecule has 0 aliphatic carbocycles. The van der Waals surface area contributed by atoms with Crippen molar-refractivity contribution in [2.75, 3.05) is 7.05 Å². The fourth-order valence-electron chi connectivity index (χ4n) is 1.88. The SMILES string of the molecule is CNCc1nc(-c2cncs2)sc1-c1ccccc1. The van der Waals surface area contributed by atoms with Gasteiger partial charge in [-0.25, -0.2) is 4.98 Å². The molecule has 0 bridgehead atoms. The number of nitrogens with one attached hydrogen (secondary N) is 1. The predicted octanol–water partition coefficient (Wildman–Crippen LogP) is 3.65. The van der Waals surface area contributed by atoms with Crippen LogP contribution in [0.3, 0.4) is 0 Å². The molecule has 2 heterocycles. The van der Waals surface area contributed by atoms with Crippen LogP contribution >= 0.6 is 22.7 Å². The molecule has 0 saturated carbocycles. The summed E-state index contributed by atoms with van der Waals surface area (Å²) in [7, 11) is 1.94. The fraction of sp³-hybridized carbons (Fsp3) is 0.143. The molecule has 3 nitrogen and oxygen atoms in total. The Bertz CT molecular complexity index is 645. The Balaban J connectivity index is 2.08. The van der Waals surface area contributed by atoms with Crippen LogP contribution in [0, 0.1) is 0 Å². The van der Waals surface area contributed by atoms with E-state index < -0.39 is 0 Å². The molecule has 0 fully saturated rings. The number of hydrogen-bond acceptors (Lipinski definition) is 5. The quantitative estimate of drug-likeness (QED) is 0.796. The lowest BCUT2D eigenvalue weighted by molar-refractivity contribution is 0.800. The topological polar surface area (TPSA) is 37.8 Å². The second-order valence-electron chi connectivity index (χ2n) is 4.06. The van der Waals surface area contributed by atoms with Gasteiger partial charge in [0.1, 0.15) is 5.01 Å². The minimum absolute atomic E-state index is 0.777. The van der Waals surface area contributed by atoms with Gasteiger partial charge in [0.2, 0.25) is 0 Å². The highest BCUT2D eigenvalue weighted by Gasteiger charge is 2.14. The van der Waals surface area contributed by atoms with Crippen molar-refractivity contribution in [1.82, 2.24) is 15.3 Å². The molecule has 0 saturated heterocycles. The van der Waals surface area contributed by atoms with E-state index in [-0.39, 0.29) is 0 Å². The second-order valence-corrected chi connectivity index (χ2v) is 5.94. The van der Waals surface area contributed by atoms with Gasteiger partial charge in [-0.1, -0.05) is 30.3 Å². The van der Waals surface area contributed by atoms with Crippen LogP contribution < -0.4 is 5.32 Å². The van der Waals surface area contributed by atoms with E-state index in [1.165, 1.54) is 10.4 Å².